The molecule has 0 bridgehead atoms. The zero-order valence-corrected chi connectivity index (χ0v) is 21.3. The Bertz CT molecular complexity index is 1290. The molecule has 37 heavy (non-hydrogen) atoms. The number of hydrogen-bond donors (Lipinski definition) is 2. The van der Waals surface area contributed by atoms with Crippen LogP contribution in [-0.4, -0.2) is 35.1 Å². The molecule has 1 aliphatic heterocycles. The molecule has 0 radical (unpaired) electrons. The van der Waals surface area contributed by atoms with Crippen molar-refractivity contribution in [3.63, 3.8) is 0 Å². The molecule has 0 spiro atoms. The summed E-state index contributed by atoms with van der Waals surface area (Å²) in [5.41, 5.74) is 2.53. The number of anilines is 1. The smallest absolute Gasteiger partial charge is 0.261 e. The minimum absolute atomic E-state index is 0.139. The average molecular weight is 520 g/mol. The number of rotatable bonds is 10. The zero-order chi connectivity index (χ0) is 25.8. The van der Waals surface area contributed by atoms with Crippen molar-refractivity contribution in [3.8, 4) is 0 Å². The van der Waals surface area contributed by atoms with E-state index in [1.165, 1.54) is 21.1 Å². The average Bonchev–Trinajstić information content (AvgIpc) is 3.61. The van der Waals surface area contributed by atoms with Gasteiger partial charge in [-0.3, -0.25) is 24.1 Å². The third-order valence-electron chi connectivity index (χ3n) is 6.82. The van der Waals surface area contributed by atoms with E-state index in [9.17, 15) is 19.2 Å². The van der Waals surface area contributed by atoms with Gasteiger partial charge in [-0.15, -0.1) is 11.3 Å². The number of aryl methyl sites for hydroxylation is 1. The second-order valence-corrected chi connectivity index (χ2v) is 10.4. The molecule has 0 saturated heterocycles. The lowest BCUT2D eigenvalue weighted by molar-refractivity contribution is -0.116. The summed E-state index contributed by atoms with van der Waals surface area (Å²) < 4.78 is 5.31. The molecule has 0 atom stereocenters. The van der Waals surface area contributed by atoms with E-state index < -0.39 is 0 Å². The topological polar surface area (TPSA) is 109 Å². The molecule has 9 heteroatoms. The normalized spacial score (nSPS) is 14.4. The highest BCUT2D eigenvalue weighted by Gasteiger charge is 2.34. The Morgan fingerprint density at radius 3 is 2.43 bits per heavy atom. The predicted molar refractivity (Wildman–Crippen MR) is 140 cm³/mol. The fourth-order valence-electron chi connectivity index (χ4n) is 4.93. The first-order chi connectivity index (χ1) is 18.0. The van der Waals surface area contributed by atoms with Gasteiger partial charge in [0.25, 0.3) is 17.7 Å². The number of carbonyl (C=O) groups is 4. The van der Waals surface area contributed by atoms with E-state index in [0.29, 0.717) is 59.7 Å². The van der Waals surface area contributed by atoms with Crippen LogP contribution in [0.1, 0.15) is 85.8 Å². The summed E-state index contributed by atoms with van der Waals surface area (Å²) in [7, 11) is 0. The lowest BCUT2D eigenvalue weighted by Gasteiger charge is -2.13. The van der Waals surface area contributed by atoms with Crippen molar-refractivity contribution < 1.29 is 23.6 Å². The molecule has 8 nitrogen and oxygen atoms in total. The van der Waals surface area contributed by atoms with Crippen molar-refractivity contribution in [1.29, 1.82) is 0 Å². The quantitative estimate of drug-likeness (QED) is 0.291. The maximum absolute atomic E-state index is 13.1. The van der Waals surface area contributed by atoms with Gasteiger partial charge in [0, 0.05) is 17.8 Å². The summed E-state index contributed by atoms with van der Waals surface area (Å²) in [5.74, 6) is -0.175. The lowest BCUT2D eigenvalue weighted by atomic mass is 9.95. The van der Waals surface area contributed by atoms with Gasteiger partial charge in [0.15, 0.2) is 0 Å². The molecule has 0 fully saturated rings. The summed E-state index contributed by atoms with van der Waals surface area (Å²) >= 11 is 1.50. The van der Waals surface area contributed by atoms with Crippen molar-refractivity contribution in [2.45, 2.75) is 57.9 Å². The minimum atomic E-state index is -0.252. The largest absolute Gasteiger partial charge is 0.467 e. The van der Waals surface area contributed by atoms with Crippen LogP contribution in [-0.2, 0) is 24.2 Å². The van der Waals surface area contributed by atoms with Crippen molar-refractivity contribution in [2.75, 3.05) is 11.9 Å². The SMILES string of the molecule is O=C(CCCCCN1C(=O)c2ccccc2C1=O)Nc1sc2c(c1C(=O)NCc1ccco1)CCCC2. The van der Waals surface area contributed by atoms with Gasteiger partial charge >= 0.3 is 0 Å². The molecular formula is C28H29N3O5S. The standard InChI is InChI=1S/C28H29N3O5S/c32-23(14-2-1-7-15-31-27(34)19-10-3-4-11-20(19)28(31)35)30-26-24(21-12-5-6-13-22(21)37-26)25(33)29-17-18-9-8-16-36-18/h3-4,8-11,16H,1-2,5-7,12-15,17H2,(H,29,33)(H,30,32). The predicted octanol–water partition coefficient (Wildman–Crippen LogP) is 4.95. The Morgan fingerprint density at radius 2 is 1.70 bits per heavy atom. The van der Waals surface area contributed by atoms with Crippen LogP contribution in [0, 0.1) is 0 Å². The van der Waals surface area contributed by atoms with E-state index in [1.54, 1.807) is 42.7 Å². The van der Waals surface area contributed by atoms with Crippen molar-refractivity contribution in [2.24, 2.45) is 0 Å². The maximum Gasteiger partial charge on any atom is 0.261 e. The summed E-state index contributed by atoms with van der Waals surface area (Å²) in [4.78, 5) is 53.2. The zero-order valence-electron chi connectivity index (χ0n) is 20.5. The number of imide groups is 1. The van der Waals surface area contributed by atoms with Crippen LogP contribution < -0.4 is 10.6 Å². The molecule has 0 unspecified atom stereocenters. The van der Waals surface area contributed by atoms with Gasteiger partial charge in [0.2, 0.25) is 5.91 Å². The second kappa shape index (κ2) is 11.1. The van der Waals surface area contributed by atoms with E-state index in [-0.39, 0.29) is 30.2 Å². The molecule has 192 valence electrons. The second-order valence-electron chi connectivity index (χ2n) is 9.34. The van der Waals surface area contributed by atoms with Gasteiger partial charge in [-0.25, -0.2) is 0 Å². The van der Waals surface area contributed by atoms with Crippen LogP contribution in [0.15, 0.2) is 47.1 Å². The number of thiophene rings is 1. The number of benzene rings is 1. The van der Waals surface area contributed by atoms with Crippen LogP contribution >= 0.6 is 11.3 Å². The number of hydrogen-bond acceptors (Lipinski definition) is 6. The van der Waals surface area contributed by atoms with E-state index in [1.807, 2.05) is 0 Å². The molecule has 2 aromatic heterocycles. The fraction of sp³-hybridized carbons (Fsp3) is 0.357. The molecule has 3 heterocycles. The van der Waals surface area contributed by atoms with E-state index >= 15 is 0 Å². The Kier molecular flexibility index (Phi) is 7.50. The number of amides is 4. The van der Waals surface area contributed by atoms with Gasteiger partial charge < -0.3 is 15.1 Å². The lowest BCUT2D eigenvalue weighted by Crippen LogP contribution is -2.30. The number of fused-ring (bicyclic) bond motifs is 2. The molecule has 1 aromatic carbocycles. The van der Waals surface area contributed by atoms with E-state index in [4.69, 9.17) is 4.42 Å². The third-order valence-corrected chi connectivity index (χ3v) is 8.03. The molecular weight excluding hydrogens is 490 g/mol. The van der Waals surface area contributed by atoms with Crippen LogP contribution in [0.25, 0.3) is 0 Å². The van der Waals surface area contributed by atoms with E-state index in [2.05, 4.69) is 10.6 Å². The minimum Gasteiger partial charge on any atom is -0.467 e. The number of nitrogens with zero attached hydrogens (tertiary/aromatic N) is 1. The Hall–Kier alpha value is -3.72. The van der Waals surface area contributed by atoms with Crippen LogP contribution in [0.3, 0.4) is 0 Å². The first-order valence-electron chi connectivity index (χ1n) is 12.7. The Balaban J connectivity index is 1.13. The molecule has 0 saturated carbocycles. The highest BCUT2D eigenvalue weighted by molar-refractivity contribution is 7.17. The first-order valence-corrected chi connectivity index (χ1v) is 13.5. The fourth-order valence-corrected chi connectivity index (χ4v) is 6.23. The van der Waals surface area contributed by atoms with Crippen LogP contribution in [0.2, 0.25) is 0 Å². The first kappa shape index (κ1) is 25.0. The number of unbranched alkanes of at least 4 members (excludes halogenated alkanes) is 2. The summed E-state index contributed by atoms with van der Waals surface area (Å²) in [5, 5.41) is 6.50. The van der Waals surface area contributed by atoms with Gasteiger partial charge in [-0.1, -0.05) is 18.6 Å². The van der Waals surface area contributed by atoms with E-state index in [0.717, 1.165) is 31.2 Å². The van der Waals surface area contributed by atoms with Gasteiger partial charge in [0.05, 0.1) is 29.5 Å². The number of furan rings is 1. The third kappa shape index (κ3) is 5.36. The van der Waals surface area contributed by atoms with Gasteiger partial charge in [-0.2, -0.15) is 0 Å². The van der Waals surface area contributed by atoms with Crippen molar-refractivity contribution in [1.82, 2.24) is 10.2 Å². The highest BCUT2D eigenvalue weighted by atomic mass is 32.1. The summed E-state index contributed by atoms with van der Waals surface area (Å²) in [6.07, 6.45) is 7.71. The Morgan fingerprint density at radius 1 is 0.946 bits per heavy atom. The van der Waals surface area contributed by atoms with Crippen molar-refractivity contribution in [3.05, 3.63) is 75.6 Å². The molecule has 1 aliphatic carbocycles. The maximum atomic E-state index is 13.1. The summed E-state index contributed by atoms with van der Waals surface area (Å²) in [6, 6.07) is 10.4. The molecule has 2 N–H and O–H groups in total. The van der Waals surface area contributed by atoms with Gasteiger partial charge in [-0.05, 0) is 68.4 Å². The number of nitrogens with one attached hydrogen (secondary N) is 2. The highest BCUT2D eigenvalue weighted by Crippen LogP contribution is 2.38. The van der Waals surface area contributed by atoms with Crippen LogP contribution in [0.5, 0.6) is 0 Å². The monoisotopic (exact) mass is 519 g/mol. The molecule has 5 rings (SSSR count). The van der Waals surface area contributed by atoms with Crippen LogP contribution in [0.4, 0.5) is 5.00 Å². The molecule has 4 amide bonds. The molecule has 3 aromatic rings. The molecule has 2 aliphatic rings. The Labute approximate surface area is 219 Å². The summed E-state index contributed by atoms with van der Waals surface area (Å²) in [6.45, 7) is 0.628. The van der Waals surface area contributed by atoms with Crippen molar-refractivity contribution >= 4 is 40.0 Å². The number of carbonyl (C=O) groups excluding carboxylic acids is 4. The van der Waals surface area contributed by atoms with Gasteiger partial charge in [0.1, 0.15) is 10.8 Å².